The molecule has 0 atom stereocenters. The van der Waals surface area contributed by atoms with Crippen LogP contribution in [0, 0.1) is 0 Å². The van der Waals surface area contributed by atoms with E-state index in [0.29, 0.717) is 0 Å². The van der Waals surface area contributed by atoms with E-state index in [9.17, 15) is 0 Å². The molecule has 5 heteroatoms. The molecule has 4 nitrogen and oxygen atoms in total. The maximum absolute atomic E-state index is 3.56. The number of aromatic nitrogens is 4. The normalized spacial score (nSPS) is 13.7. The highest BCUT2D eigenvalue weighted by Crippen LogP contribution is 2.60. The molecule has 0 amide bonds. The maximum atomic E-state index is 2.88. The fourth-order valence-electron chi connectivity index (χ4n) is 12.8. The number of benzene rings is 10. The van der Waals surface area contributed by atoms with E-state index in [0.717, 1.165) is 0 Å². The third-order valence-electron chi connectivity index (χ3n) is 14.9. The number of fused-ring (bicyclic) bond motifs is 16. The van der Waals surface area contributed by atoms with Crippen molar-refractivity contribution in [3.8, 4) is 44.5 Å². The van der Waals surface area contributed by atoms with E-state index >= 15 is 0 Å². The Bertz CT molecular complexity index is 3810. The van der Waals surface area contributed by atoms with E-state index in [1.807, 2.05) is 0 Å². The number of rotatable bonds is 4. The van der Waals surface area contributed by atoms with E-state index in [2.05, 4.69) is 235 Å². The van der Waals surface area contributed by atoms with Gasteiger partial charge in [0.15, 0.2) is 0 Å². The summed E-state index contributed by atoms with van der Waals surface area (Å²) in [7, 11) is -3.56. The lowest BCUT2D eigenvalue weighted by molar-refractivity contribution is 0.970. The average molecular weight is 841 g/mol. The van der Waals surface area contributed by atoms with Gasteiger partial charge in [0, 0.05) is 87.4 Å². The van der Waals surface area contributed by atoms with Crippen molar-refractivity contribution >= 4 is 95.9 Å². The third-order valence-corrected chi connectivity index (χ3v) is 19.2. The van der Waals surface area contributed by atoms with Gasteiger partial charge in [-0.1, -0.05) is 194 Å². The summed E-state index contributed by atoms with van der Waals surface area (Å²) in [5.41, 5.74) is 20.4. The van der Waals surface area contributed by atoms with E-state index in [1.54, 1.807) is 0 Å². The predicted octanol–water partition coefficient (Wildman–Crippen LogP) is 15.3. The van der Waals surface area contributed by atoms with Gasteiger partial charge in [-0.25, -0.2) is 0 Å². The molecule has 6 heterocycles. The molecule has 16 rings (SSSR count). The van der Waals surface area contributed by atoms with Crippen LogP contribution in [0.3, 0.4) is 0 Å². The van der Waals surface area contributed by atoms with Crippen LogP contribution in [0.1, 0.15) is 0 Å². The first-order valence-corrected chi connectivity index (χ1v) is 24.4. The maximum Gasteiger partial charge on any atom is 0.522 e. The van der Waals surface area contributed by atoms with Crippen LogP contribution in [-0.2, 0) is 0 Å². The highest BCUT2D eigenvalue weighted by atomic mass is 28.4. The van der Waals surface area contributed by atoms with Crippen molar-refractivity contribution < 1.29 is 0 Å². The molecule has 0 radical (unpaired) electrons. The minimum absolute atomic E-state index is 1.23. The minimum Gasteiger partial charge on any atom is -0.312 e. The summed E-state index contributed by atoms with van der Waals surface area (Å²) in [6, 6.07) is 81.9. The van der Waals surface area contributed by atoms with E-state index < -0.39 is 8.72 Å². The van der Waals surface area contributed by atoms with Gasteiger partial charge in [0.1, 0.15) is 0 Å². The summed E-state index contributed by atoms with van der Waals surface area (Å²) in [5, 5.41) is 10.4. The molecular weight excluding hydrogens is 805 g/mol. The van der Waals surface area contributed by atoms with Gasteiger partial charge in [0.05, 0.1) is 22.1 Å². The van der Waals surface area contributed by atoms with Crippen molar-refractivity contribution in [2.75, 3.05) is 0 Å². The molecule has 0 saturated carbocycles. The Balaban J connectivity index is 1.25. The topological polar surface area (TPSA) is 19.7 Å². The number of para-hydroxylation sites is 4. The van der Waals surface area contributed by atoms with Crippen LogP contribution in [0.15, 0.2) is 218 Å². The monoisotopic (exact) mass is 840 g/mol. The number of nitrogens with zero attached hydrogens (tertiary/aromatic N) is 4. The average Bonchev–Trinajstić information content (AvgIpc) is 4.21. The van der Waals surface area contributed by atoms with Crippen molar-refractivity contribution in [3.05, 3.63) is 218 Å². The second kappa shape index (κ2) is 12.0. The molecular formula is C60H36N4Si. The van der Waals surface area contributed by atoms with Gasteiger partial charge in [-0.15, -0.1) is 0 Å². The quantitative estimate of drug-likeness (QED) is 0.157. The first kappa shape index (κ1) is 34.1. The molecule has 1 spiro atoms. The molecule has 14 aromatic rings. The molecule has 0 aliphatic carbocycles. The van der Waals surface area contributed by atoms with Crippen LogP contribution >= 0.6 is 0 Å². The fourth-order valence-corrected chi connectivity index (χ4v) is 18.1. The minimum atomic E-state index is -3.56. The Morgan fingerprint density at radius 3 is 0.646 bits per heavy atom. The Morgan fingerprint density at radius 2 is 0.415 bits per heavy atom. The highest BCUT2D eigenvalue weighted by Gasteiger charge is 2.60. The summed E-state index contributed by atoms with van der Waals surface area (Å²) < 4.78 is 11.5. The van der Waals surface area contributed by atoms with Crippen molar-refractivity contribution in [2.45, 2.75) is 0 Å². The molecule has 65 heavy (non-hydrogen) atoms. The van der Waals surface area contributed by atoms with E-state index in [1.165, 1.54) is 132 Å². The van der Waals surface area contributed by atoms with Crippen LogP contribution in [-0.4, -0.2) is 25.7 Å². The van der Waals surface area contributed by atoms with E-state index in [-0.39, 0.29) is 0 Å². The fraction of sp³-hybridized carbons (Fsp3) is 0. The molecule has 4 aromatic heterocycles. The van der Waals surface area contributed by atoms with Gasteiger partial charge < -0.3 is 16.9 Å². The molecule has 10 aromatic carbocycles. The zero-order valence-electron chi connectivity index (χ0n) is 35.1. The first-order chi connectivity index (χ1) is 32.4. The van der Waals surface area contributed by atoms with Crippen molar-refractivity contribution in [1.29, 1.82) is 0 Å². The summed E-state index contributed by atoms with van der Waals surface area (Å²) in [6.07, 6.45) is 0. The Kier molecular flexibility index (Phi) is 6.30. The van der Waals surface area contributed by atoms with Crippen molar-refractivity contribution in [2.24, 2.45) is 0 Å². The standard InChI is InChI=1S/C60H36N4Si/c1-5-21-37(22-6-1)49-50(38-23-7-2-8-24-38)54-42-30-14-18-34-46(42)62-58(54)57-53(49)41-29-13-17-33-45(41)61(57)65(62)63-47-35-19-15-31-43(47)55-51(39-25-9-3-10-26-39)52(40-27-11-4-12-28-40)56-44-32-16-20-36-48(44)64(65)60(56)59(55)63/h1-36H. The van der Waals surface area contributed by atoms with Gasteiger partial charge >= 0.3 is 8.72 Å². The number of hydrogen-bond acceptors (Lipinski definition) is 0. The zero-order valence-corrected chi connectivity index (χ0v) is 36.1. The van der Waals surface area contributed by atoms with Crippen LogP contribution in [0.2, 0.25) is 0 Å². The number of hydrogen-bond donors (Lipinski definition) is 0. The van der Waals surface area contributed by atoms with Crippen LogP contribution in [0.4, 0.5) is 0 Å². The largest absolute Gasteiger partial charge is 0.522 e. The SMILES string of the molecule is c1ccc(-c2c(-c3ccccc3)c3c4ccccc4n4c3c3c2c2ccccc2n3[Si]42n3c4ccccc4c4c(-c5ccccc5)c(-c5ccccc5)c5c6ccccc6n2c5c43)cc1. The first-order valence-electron chi connectivity index (χ1n) is 22.6. The van der Waals surface area contributed by atoms with Crippen LogP contribution in [0.5, 0.6) is 0 Å². The highest BCUT2D eigenvalue weighted by molar-refractivity contribution is 6.85. The van der Waals surface area contributed by atoms with Gasteiger partial charge in [0.25, 0.3) is 0 Å². The van der Waals surface area contributed by atoms with Gasteiger partial charge in [-0.3, -0.25) is 0 Å². The van der Waals surface area contributed by atoms with Crippen LogP contribution < -0.4 is 0 Å². The summed E-state index contributed by atoms with van der Waals surface area (Å²) in [6.45, 7) is 0. The van der Waals surface area contributed by atoms with Gasteiger partial charge in [-0.2, -0.15) is 0 Å². The van der Waals surface area contributed by atoms with E-state index in [4.69, 9.17) is 0 Å². The van der Waals surface area contributed by atoms with Crippen LogP contribution in [0.25, 0.3) is 132 Å². The molecule has 300 valence electrons. The van der Waals surface area contributed by atoms with Gasteiger partial charge in [-0.05, 0) is 46.5 Å². The Labute approximate surface area is 374 Å². The molecule has 0 fully saturated rings. The van der Waals surface area contributed by atoms with Crippen molar-refractivity contribution in [1.82, 2.24) is 16.9 Å². The lowest BCUT2D eigenvalue weighted by Gasteiger charge is -2.32. The lowest BCUT2D eigenvalue weighted by Crippen LogP contribution is -2.59. The second-order valence-corrected chi connectivity index (χ2v) is 20.9. The molecule has 0 saturated heterocycles. The summed E-state index contributed by atoms with van der Waals surface area (Å²) >= 11 is 0. The zero-order chi connectivity index (χ0) is 42.1. The summed E-state index contributed by atoms with van der Waals surface area (Å²) in [4.78, 5) is 0. The lowest BCUT2D eigenvalue weighted by atomic mass is 9.87. The molecule has 2 aliphatic rings. The summed E-state index contributed by atoms with van der Waals surface area (Å²) in [5.74, 6) is 0. The third kappa shape index (κ3) is 3.86. The second-order valence-electron chi connectivity index (χ2n) is 17.9. The Hall–Kier alpha value is -8.38. The molecule has 0 unspecified atom stereocenters. The smallest absolute Gasteiger partial charge is 0.312 e. The van der Waals surface area contributed by atoms with Crippen molar-refractivity contribution in [3.63, 3.8) is 0 Å². The molecule has 0 bridgehead atoms. The van der Waals surface area contributed by atoms with Gasteiger partial charge in [0.2, 0.25) is 0 Å². The molecule has 2 aliphatic heterocycles. The molecule has 0 N–H and O–H groups in total. The predicted molar refractivity (Wildman–Crippen MR) is 274 cm³/mol. The Morgan fingerprint density at radius 1 is 0.215 bits per heavy atom.